The van der Waals surface area contributed by atoms with E-state index < -0.39 is 0 Å². The molecule has 1 aromatic carbocycles. The number of nitrogens with one attached hydrogen (secondary N) is 4. The highest BCUT2D eigenvalue weighted by atomic mass is 16.5. The zero-order chi connectivity index (χ0) is 19.0. The Morgan fingerprint density at radius 1 is 1.44 bits per heavy atom. The number of ether oxygens (including phenoxy) is 1. The topological polar surface area (TPSA) is 132 Å². The number of allylic oxidation sites excluding steroid dienone is 1. The van der Waals surface area contributed by atoms with E-state index in [1.165, 1.54) is 0 Å². The van der Waals surface area contributed by atoms with Crippen molar-refractivity contribution in [1.82, 2.24) is 15.4 Å². The van der Waals surface area contributed by atoms with Crippen LogP contribution in [0.5, 0.6) is 11.8 Å². The van der Waals surface area contributed by atoms with Crippen molar-refractivity contribution in [3.05, 3.63) is 41.2 Å². The molecular weight excluding hydrogens is 344 g/mol. The molecule has 0 fully saturated rings. The minimum absolute atomic E-state index is 0.0205. The van der Waals surface area contributed by atoms with Gasteiger partial charge in [-0.25, -0.2) is 4.98 Å². The standard InChI is InChI=1S/C19H20N6O2/c1-10-15(9-23-19-17(10)22-4-5-27-19)11-2-3-16-13(6-11)14(18(26)24-16)7-12(8-20)25-21/h2-3,6-9,20,22,24-26H,4-5,21H2,1H3/b12-7-,20-8?. The fraction of sp³-hybridized carbons (Fsp3) is 0.158. The van der Waals surface area contributed by atoms with Crippen LogP contribution in [0.1, 0.15) is 11.1 Å². The van der Waals surface area contributed by atoms with Crippen molar-refractivity contribution in [3.8, 4) is 22.9 Å². The fourth-order valence-electron chi connectivity index (χ4n) is 3.30. The highest BCUT2D eigenvalue weighted by Gasteiger charge is 2.18. The normalized spacial score (nSPS) is 13.6. The number of hydrogen-bond acceptors (Lipinski definition) is 7. The van der Waals surface area contributed by atoms with E-state index in [0.29, 0.717) is 23.7 Å². The molecule has 3 heterocycles. The molecule has 1 aliphatic rings. The van der Waals surface area contributed by atoms with Gasteiger partial charge in [-0.3, -0.25) is 5.84 Å². The Hall–Kier alpha value is -3.52. The molecule has 0 aliphatic carbocycles. The van der Waals surface area contributed by atoms with Crippen molar-refractivity contribution in [1.29, 1.82) is 5.41 Å². The Labute approximate surface area is 155 Å². The van der Waals surface area contributed by atoms with Crippen LogP contribution in [0.3, 0.4) is 0 Å². The number of hydrogen-bond donors (Lipinski definition) is 6. The predicted molar refractivity (Wildman–Crippen MR) is 106 cm³/mol. The minimum atomic E-state index is 0.0205. The number of nitrogens with zero attached hydrogens (tertiary/aromatic N) is 1. The number of anilines is 1. The largest absolute Gasteiger partial charge is 0.494 e. The van der Waals surface area contributed by atoms with Gasteiger partial charge in [0.25, 0.3) is 0 Å². The van der Waals surface area contributed by atoms with Gasteiger partial charge in [-0.2, -0.15) is 0 Å². The lowest BCUT2D eigenvalue weighted by atomic mass is 9.99. The number of fused-ring (bicyclic) bond motifs is 2. The molecule has 8 nitrogen and oxygen atoms in total. The van der Waals surface area contributed by atoms with Gasteiger partial charge in [0.1, 0.15) is 12.3 Å². The highest BCUT2D eigenvalue weighted by Crippen LogP contribution is 2.37. The quantitative estimate of drug-likeness (QED) is 0.239. The molecule has 0 saturated carbocycles. The van der Waals surface area contributed by atoms with Gasteiger partial charge in [-0.15, -0.1) is 0 Å². The molecule has 1 aliphatic heterocycles. The first-order chi connectivity index (χ1) is 13.1. The molecule has 27 heavy (non-hydrogen) atoms. The van der Waals surface area contributed by atoms with Crippen LogP contribution in [0.15, 0.2) is 30.1 Å². The number of rotatable bonds is 4. The van der Waals surface area contributed by atoms with Gasteiger partial charge < -0.3 is 31.0 Å². The summed E-state index contributed by atoms with van der Waals surface area (Å²) in [6, 6.07) is 5.87. The summed E-state index contributed by atoms with van der Waals surface area (Å²) in [6.07, 6.45) is 4.51. The Balaban J connectivity index is 1.87. The summed E-state index contributed by atoms with van der Waals surface area (Å²) >= 11 is 0. The van der Waals surface area contributed by atoms with Crippen molar-refractivity contribution in [2.24, 2.45) is 5.84 Å². The number of nitrogens with two attached hydrogens (primary N) is 1. The third-order valence-corrected chi connectivity index (χ3v) is 4.70. The van der Waals surface area contributed by atoms with Crippen molar-refractivity contribution >= 4 is 28.9 Å². The van der Waals surface area contributed by atoms with Crippen LogP contribution in [0.25, 0.3) is 28.1 Å². The lowest BCUT2D eigenvalue weighted by Crippen LogP contribution is -2.21. The van der Waals surface area contributed by atoms with Crippen molar-refractivity contribution in [3.63, 3.8) is 0 Å². The maximum atomic E-state index is 10.3. The smallest absolute Gasteiger partial charge is 0.237 e. The van der Waals surface area contributed by atoms with Gasteiger partial charge in [-0.1, -0.05) is 6.07 Å². The molecule has 0 atom stereocenters. The molecule has 0 spiro atoms. The summed E-state index contributed by atoms with van der Waals surface area (Å²) in [7, 11) is 0. The first-order valence-corrected chi connectivity index (χ1v) is 8.52. The fourth-order valence-corrected chi connectivity index (χ4v) is 3.30. The summed E-state index contributed by atoms with van der Waals surface area (Å²) in [4.78, 5) is 7.37. The first kappa shape index (κ1) is 16.9. The van der Waals surface area contributed by atoms with Crippen molar-refractivity contribution < 1.29 is 9.84 Å². The number of aromatic hydroxyl groups is 1. The minimum Gasteiger partial charge on any atom is -0.494 e. The molecule has 0 saturated heterocycles. The van der Waals surface area contributed by atoms with Crippen LogP contribution in [0.4, 0.5) is 5.69 Å². The zero-order valence-corrected chi connectivity index (χ0v) is 14.8. The molecule has 0 unspecified atom stereocenters. The summed E-state index contributed by atoms with van der Waals surface area (Å²) in [5.74, 6) is 6.05. The molecule has 2 aromatic heterocycles. The summed E-state index contributed by atoms with van der Waals surface area (Å²) in [5, 5.41) is 21.8. The van der Waals surface area contributed by atoms with E-state index in [1.54, 1.807) is 12.3 Å². The van der Waals surface area contributed by atoms with Crippen LogP contribution < -0.4 is 21.3 Å². The molecule has 8 heteroatoms. The summed E-state index contributed by atoms with van der Waals surface area (Å²) in [6.45, 7) is 3.38. The molecule has 0 bridgehead atoms. The molecule has 4 rings (SSSR count). The second-order valence-electron chi connectivity index (χ2n) is 6.29. The average molecular weight is 364 g/mol. The Bertz CT molecular complexity index is 1070. The number of aromatic amines is 1. The van der Waals surface area contributed by atoms with Gasteiger partial charge in [0.05, 0.1) is 5.70 Å². The van der Waals surface area contributed by atoms with Gasteiger partial charge >= 0.3 is 0 Å². The monoisotopic (exact) mass is 364 g/mol. The summed E-state index contributed by atoms with van der Waals surface area (Å²) in [5.41, 5.74) is 8.07. The van der Waals surface area contributed by atoms with E-state index >= 15 is 0 Å². The van der Waals surface area contributed by atoms with Crippen LogP contribution >= 0.6 is 0 Å². The maximum Gasteiger partial charge on any atom is 0.237 e. The van der Waals surface area contributed by atoms with Crippen molar-refractivity contribution in [2.45, 2.75) is 6.92 Å². The first-order valence-electron chi connectivity index (χ1n) is 8.52. The number of aromatic nitrogens is 2. The van der Waals surface area contributed by atoms with Crippen LogP contribution in [-0.4, -0.2) is 34.4 Å². The third kappa shape index (κ3) is 2.85. The Morgan fingerprint density at radius 3 is 3.07 bits per heavy atom. The SMILES string of the molecule is Cc1c(-c2ccc3[nH]c(O)c(/C=C(/C=N)NN)c3c2)cnc2c1NCCO2. The van der Waals surface area contributed by atoms with Crippen molar-refractivity contribution in [2.75, 3.05) is 18.5 Å². The molecule has 0 amide bonds. The molecule has 7 N–H and O–H groups in total. The lowest BCUT2D eigenvalue weighted by Gasteiger charge is -2.21. The highest BCUT2D eigenvalue weighted by molar-refractivity contribution is 5.98. The van der Waals surface area contributed by atoms with Crippen LogP contribution in [0.2, 0.25) is 0 Å². The van der Waals surface area contributed by atoms with E-state index in [9.17, 15) is 5.11 Å². The van der Waals surface area contributed by atoms with E-state index in [1.807, 2.05) is 25.1 Å². The average Bonchev–Trinajstić information content (AvgIpc) is 3.01. The third-order valence-electron chi connectivity index (χ3n) is 4.70. The van der Waals surface area contributed by atoms with E-state index in [2.05, 4.69) is 20.7 Å². The number of hydrazine groups is 1. The Kier molecular flexibility index (Phi) is 4.17. The number of H-pyrrole nitrogens is 1. The maximum absolute atomic E-state index is 10.3. The number of benzene rings is 1. The molecule has 138 valence electrons. The zero-order valence-electron chi connectivity index (χ0n) is 14.8. The Morgan fingerprint density at radius 2 is 2.30 bits per heavy atom. The van der Waals surface area contributed by atoms with Gasteiger partial charge in [0.15, 0.2) is 5.88 Å². The number of pyridine rings is 1. The van der Waals surface area contributed by atoms with E-state index in [4.69, 9.17) is 16.0 Å². The second-order valence-corrected chi connectivity index (χ2v) is 6.29. The second kappa shape index (κ2) is 6.65. The molecule has 3 aromatic rings. The van der Waals surface area contributed by atoms with Crippen LogP contribution in [-0.2, 0) is 0 Å². The molecule has 0 radical (unpaired) electrons. The predicted octanol–water partition coefficient (Wildman–Crippen LogP) is 2.50. The van der Waals surface area contributed by atoms with E-state index in [0.717, 1.165) is 46.0 Å². The van der Waals surface area contributed by atoms with Crippen LogP contribution in [0, 0.1) is 12.3 Å². The summed E-state index contributed by atoms with van der Waals surface area (Å²) < 4.78 is 5.60. The van der Waals surface area contributed by atoms with Gasteiger partial charge in [0.2, 0.25) is 5.88 Å². The van der Waals surface area contributed by atoms with E-state index in [-0.39, 0.29) is 5.88 Å². The molecular formula is C19H20N6O2. The van der Waals surface area contributed by atoms with Gasteiger partial charge in [-0.05, 0) is 36.3 Å². The van der Waals surface area contributed by atoms with Gasteiger partial charge in [0, 0.05) is 41.0 Å². The lowest BCUT2D eigenvalue weighted by molar-refractivity contribution is 0.310.